The van der Waals surface area contributed by atoms with Gasteiger partial charge in [-0.3, -0.25) is 0 Å². The molecule has 3 nitrogen and oxygen atoms in total. The Morgan fingerprint density at radius 3 is 2.33 bits per heavy atom. The molecule has 4 saturated heterocycles. The molecule has 0 aromatic heterocycles. The van der Waals surface area contributed by atoms with E-state index >= 15 is 0 Å². The van der Waals surface area contributed by atoms with Crippen molar-refractivity contribution in [2.75, 3.05) is 39.3 Å². The molecule has 5 fully saturated rings. The van der Waals surface area contributed by atoms with Crippen LogP contribution in [0.4, 0.5) is 0 Å². The Bertz CT molecular complexity index is 370. The third-order valence-electron chi connectivity index (χ3n) is 5.84. The van der Waals surface area contributed by atoms with Crippen LogP contribution in [0.3, 0.4) is 0 Å². The first-order valence-electron chi connectivity index (χ1n) is 8.90. The highest BCUT2D eigenvalue weighted by Gasteiger charge is 2.40. The van der Waals surface area contributed by atoms with Crippen molar-refractivity contribution in [1.82, 2.24) is 15.5 Å². The third-order valence-corrected chi connectivity index (χ3v) is 5.84. The minimum Gasteiger partial charge on any atom is -0.387 e. The maximum absolute atomic E-state index is 3.43. The number of rotatable bonds is 0. The average molecular weight is 287 g/mol. The first-order chi connectivity index (χ1) is 10.4. The number of nitrogens with one attached hydrogen (secondary N) is 2. The van der Waals surface area contributed by atoms with Gasteiger partial charge in [-0.1, -0.05) is 12.2 Å². The van der Waals surface area contributed by atoms with Gasteiger partial charge in [-0.2, -0.15) is 0 Å². The molecule has 0 spiro atoms. The summed E-state index contributed by atoms with van der Waals surface area (Å²) < 4.78 is 0. The lowest BCUT2D eigenvalue weighted by Gasteiger charge is -2.51. The molecule has 4 aliphatic heterocycles. The summed E-state index contributed by atoms with van der Waals surface area (Å²) in [5.41, 5.74) is 1.41. The molecule has 1 saturated carbocycles. The van der Waals surface area contributed by atoms with Gasteiger partial charge in [0, 0.05) is 50.9 Å². The van der Waals surface area contributed by atoms with Crippen LogP contribution in [0.25, 0.3) is 0 Å². The lowest BCUT2D eigenvalue weighted by atomic mass is 9.68. The second-order valence-corrected chi connectivity index (χ2v) is 7.64. The molecule has 4 heterocycles. The van der Waals surface area contributed by atoms with E-state index in [1.807, 2.05) is 0 Å². The zero-order valence-electron chi connectivity index (χ0n) is 13.1. The molecule has 6 aliphatic rings. The number of hydrogen-bond donors (Lipinski definition) is 2. The molecule has 21 heavy (non-hydrogen) atoms. The number of hydrogen-bond acceptors (Lipinski definition) is 3. The average Bonchev–Trinajstić information content (AvgIpc) is 2.71. The zero-order chi connectivity index (χ0) is 14.1. The fourth-order valence-electron chi connectivity index (χ4n) is 5.11. The quantitative estimate of drug-likeness (QED) is 0.713. The lowest BCUT2D eigenvalue weighted by Crippen LogP contribution is -2.53. The molecule has 0 radical (unpaired) electrons. The summed E-state index contributed by atoms with van der Waals surface area (Å²) in [4.78, 5) is 2.69. The van der Waals surface area contributed by atoms with E-state index in [4.69, 9.17) is 0 Å². The van der Waals surface area contributed by atoms with E-state index in [0.717, 1.165) is 37.4 Å². The van der Waals surface area contributed by atoms with Crippen LogP contribution in [0.5, 0.6) is 0 Å². The number of allylic oxidation sites excluding steroid dienone is 3. The summed E-state index contributed by atoms with van der Waals surface area (Å²) in [7, 11) is 0. The normalized spacial score (nSPS) is 43.0. The molecule has 4 bridgehead atoms. The molecule has 0 aromatic carbocycles. The largest absolute Gasteiger partial charge is 0.387 e. The van der Waals surface area contributed by atoms with Gasteiger partial charge in [0.25, 0.3) is 0 Å². The van der Waals surface area contributed by atoms with Crippen LogP contribution < -0.4 is 10.6 Å². The summed E-state index contributed by atoms with van der Waals surface area (Å²) in [5, 5.41) is 6.84. The minimum absolute atomic E-state index is 0.697. The first-order valence-corrected chi connectivity index (χ1v) is 8.90. The van der Waals surface area contributed by atoms with Gasteiger partial charge >= 0.3 is 0 Å². The Balaban J connectivity index is 0.000000110. The minimum atomic E-state index is 0.697. The topological polar surface area (TPSA) is 27.3 Å². The highest BCUT2D eigenvalue weighted by atomic mass is 15.2. The van der Waals surface area contributed by atoms with Crippen molar-refractivity contribution in [2.24, 2.45) is 23.7 Å². The Morgan fingerprint density at radius 1 is 0.952 bits per heavy atom. The second kappa shape index (κ2) is 6.13. The van der Waals surface area contributed by atoms with Gasteiger partial charge in [0.2, 0.25) is 0 Å². The van der Waals surface area contributed by atoms with Gasteiger partial charge in [-0.15, -0.1) is 0 Å². The first kappa shape index (κ1) is 13.8. The maximum Gasteiger partial charge on any atom is 0.0269 e. The third kappa shape index (κ3) is 3.19. The van der Waals surface area contributed by atoms with Crippen molar-refractivity contribution >= 4 is 0 Å². The van der Waals surface area contributed by atoms with Gasteiger partial charge in [0.05, 0.1) is 0 Å². The van der Waals surface area contributed by atoms with Crippen LogP contribution in [-0.2, 0) is 0 Å². The Labute approximate surface area is 128 Å². The van der Waals surface area contributed by atoms with E-state index in [2.05, 4.69) is 33.8 Å². The molecule has 116 valence electrons. The van der Waals surface area contributed by atoms with Gasteiger partial charge in [-0.25, -0.2) is 0 Å². The van der Waals surface area contributed by atoms with Crippen LogP contribution in [-0.4, -0.2) is 44.2 Å². The molecule has 3 heteroatoms. The summed E-state index contributed by atoms with van der Waals surface area (Å²) in [6.45, 7) is 7.60. The molecule has 1 unspecified atom stereocenters. The fraction of sp³-hybridized carbons (Fsp3) is 0.778. The van der Waals surface area contributed by atoms with Crippen molar-refractivity contribution in [3.05, 3.63) is 23.9 Å². The highest BCUT2D eigenvalue weighted by molar-refractivity contribution is 5.20. The highest BCUT2D eigenvalue weighted by Crippen LogP contribution is 2.42. The molecule has 0 amide bonds. The molecule has 2 aliphatic carbocycles. The van der Waals surface area contributed by atoms with E-state index in [9.17, 15) is 0 Å². The van der Waals surface area contributed by atoms with E-state index in [-0.39, 0.29) is 0 Å². The molecular weight excluding hydrogens is 258 g/mol. The molecule has 2 N–H and O–H groups in total. The van der Waals surface area contributed by atoms with Crippen molar-refractivity contribution in [3.63, 3.8) is 0 Å². The van der Waals surface area contributed by atoms with Crippen LogP contribution in [0, 0.1) is 23.7 Å². The Hall–Kier alpha value is -0.800. The maximum atomic E-state index is 3.43. The van der Waals surface area contributed by atoms with Crippen molar-refractivity contribution in [1.29, 1.82) is 0 Å². The van der Waals surface area contributed by atoms with Crippen LogP contribution >= 0.6 is 0 Å². The molecule has 0 aromatic rings. The lowest BCUT2D eigenvalue weighted by molar-refractivity contribution is -0.0169. The van der Waals surface area contributed by atoms with Crippen molar-refractivity contribution in [3.8, 4) is 0 Å². The van der Waals surface area contributed by atoms with Crippen LogP contribution in [0.1, 0.15) is 25.7 Å². The summed E-state index contributed by atoms with van der Waals surface area (Å²) in [6, 6.07) is 0. The number of nitrogens with zero attached hydrogens (tertiary/aromatic N) is 1. The summed E-state index contributed by atoms with van der Waals surface area (Å²) >= 11 is 0. The van der Waals surface area contributed by atoms with Crippen molar-refractivity contribution in [2.45, 2.75) is 25.7 Å². The summed E-state index contributed by atoms with van der Waals surface area (Å²) in [5.74, 6) is 4.01. The zero-order valence-corrected chi connectivity index (χ0v) is 13.1. The fourth-order valence-corrected chi connectivity index (χ4v) is 5.11. The van der Waals surface area contributed by atoms with Crippen LogP contribution in [0.15, 0.2) is 23.9 Å². The monoisotopic (exact) mass is 287 g/mol. The van der Waals surface area contributed by atoms with Crippen LogP contribution in [0.2, 0.25) is 0 Å². The van der Waals surface area contributed by atoms with Gasteiger partial charge in [0.15, 0.2) is 0 Å². The van der Waals surface area contributed by atoms with Gasteiger partial charge < -0.3 is 15.5 Å². The number of fused-ring (bicyclic) bond motifs is 1. The van der Waals surface area contributed by atoms with E-state index in [0.29, 0.717) is 5.92 Å². The summed E-state index contributed by atoms with van der Waals surface area (Å²) in [6.07, 6.45) is 12.5. The van der Waals surface area contributed by atoms with E-state index in [1.54, 1.807) is 19.3 Å². The van der Waals surface area contributed by atoms with Gasteiger partial charge in [0.1, 0.15) is 0 Å². The smallest absolute Gasteiger partial charge is 0.0269 e. The molecular formula is C18H29N3. The van der Waals surface area contributed by atoms with Gasteiger partial charge in [-0.05, 0) is 49.5 Å². The SMILES string of the molecule is C1=CCC2CNCCNC2=C1.C1C2CC3CC1CN(C2)C3. The predicted octanol–water partition coefficient (Wildman–Crippen LogP) is 1.99. The Kier molecular flexibility index (Phi) is 4.04. The second-order valence-electron chi connectivity index (χ2n) is 7.64. The van der Waals surface area contributed by atoms with Crippen molar-refractivity contribution < 1.29 is 0 Å². The van der Waals surface area contributed by atoms with E-state index < -0.39 is 0 Å². The standard InChI is InChI=1S/C9H14N2.C9H15N/c1-2-4-9-8(3-1)7-10-5-6-11-9;1-7-2-9-3-8(1)5-10(4-7)6-9/h1-2,4,8,10-11H,3,5-7H2;7-9H,1-6H2. The van der Waals surface area contributed by atoms with E-state index in [1.165, 1.54) is 31.8 Å². The molecule has 1 atom stereocenters. The predicted molar refractivity (Wildman–Crippen MR) is 87.0 cm³/mol. The molecule has 6 rings (SSSR count). The number of piperidine rings is 3. The Morgan fingerprint density at radius 2 is 1.67 bits per heavy atom.